The van der Waals surface area contributed by atoms with Gasteiger partial charge in [0.25, 0.3) is 0 Å². The Hall–Kier alpha value is -1.30. The number of rotatable bonds is 4. The number of likely N-dealkylation sites (tertiary alicyclic amines) is 1. The summed E-state index contributed by atoms with van der Waals surface area (Å²) in [5, 5.41) is 3.24. The molecular weight excluding hydrogens is 248 g/mol. The van der Waals surface area contributed by atoms with Crippen molar-refractivity contribution in [2.24, 2.45) is 0 Å². The van der Waals surface area contributed by atoms with Gasteiger partial charge in [0.05, 0.1) is 13.5 Å². The summed E-state index contributed by atoms with van der Waals surface area (Å²) in [6.45, 7) is 7.44. The van der Waals surface area contributed by atoms with Crippen LogP contribution in [-0.4, -0.2) is 55.3 Å². The second-order valence-electron chi connectivity index (χ2n) is 5.69. The monoisotopic (exact) mass is 272 g/mol. The fraction of sp³-hybridized carbons (Fsp3) is 0.846. The molecule has 1 fully saturated rings. The molecule has 6 heteroatoms. The maximum Gasteiger partial charge on any atom is 0.410 e. The normalized spacial score (nSPS) is 19.4. The first-order valence-electron chi connectivity index (χ1n) is 6.60. The highest BCUT2D eigenvalue weighted by molar-refractivity contribution is 5.69. The first-order valence-corrected chi connectivity index (χ1v) is 6.60. The van der Waals surface area contributed by atoms with Gasteiger partial charge in [-0.2, -0.15) is 0 Å². The predicted molar refractivity (Wildman–Crippen MR) is 70.8 cm³/mol. The standard InChI is InChI=1S/C13H24N2O4/c1-13(2,3)19-12(17)15-8-6-10(9-15)14-7-5-11(16)18-4/h10,14H,5-9H2,1-4H3. The van der Waals surface area contributed by atoms with Crippen LogP contribution in [0.3, 0.4) is 0 Å². The molecule has 0 aromatic carbocycles. The van der Waals surface area contributed by atoms with Crippen LogP contribution < -0.4 is 5.32 Å². The quantitative estimate of drug-likeness (QED) is 0.778. The zero-order valence-corrected chi connectivity index (χ0v) is 12.2. The van der Waals surface area contributed by atoms with Gasteiger partial charge in [-0.25, -0.2) is 4.79 Å². The van der Waals surface area contributed by atoms with Crippen LogP contribution in [-0.2, 0) is 14.3 Å². The van der Waals surface area contributed by atoms with Crippen LogP contribution in [0.25, 0.3) is 0 Å². The zero-order valence-electron chi connectivity index (χ0n) is 12.2. The van der Waals surface area contributed by atoms with Crippen molar-refractivity contribution in [2.45, 2.75) is 45.3 Å². The molecule has 0 aromatic rings. The van der Waals surface area contributed by atoms with Crippen LogP contribution in [0, 0.1) is 0 Å². The van der Waals surface area contributed by atoms with E-state index >= 15 is 0 Å². The maximum atomic E-state index is 11.8. The lowest BCUT2D eigenvalue weighted by Gasteiger charge is -2.24. The number of carbonyl (C=O) groups is 2. The molecule has 1 aliphatic heterocycles. The Bertz CT molecular complexity index is 325. The van der Waals surface area contributed by atoms with Crippen LogP contribution in [0.2, 0.25) is 0 Å². The Balaban J connectivity index is 2.26. The van der Waals surface area contributed by atoms with E-state index < -0.39 is 5.60 Å². The van der Waals surface area contributed by atoms with E-state index in [4.69, 9.17) is 4.74 Å². The fourth-order valence-electron chi connectivity index (χ4n) is 1.90. The van der Waals surface area contributed by atoms with Crippen molar-refractivity contribution in [1.82, 2.24) is 10.2 Å². The minimum Gasteiger partial charge on any atom is -0.469 e. The Morgan fingerprint density at radius 2 is 2.05 bits per heavy atom. The Kier molecular flexibility index (Phi) is 5.60. The highest BCUT2D eigenvalue weighted by Crippen LogP contribution is 2.15. The van der Waals surface area contributed by atoms with Crippen molar-refractivity contribution in [3.05, 3.63) is 0 Å². The van der Waals surface area contributed by atoms with Crippen molar-refractivity contribution >= 4 is 12.1 Å². The van der Waals surface area contributed by atoms with Gasteiger partial charge in [0, 0.05) is 25.7 Å². The topological polar surface area (TPSA) is 67.9 Å². The number of hydrogen-bond donors (Lipinski definition) is 1. The van der Waals surface area contributed by atoms with E-state index in [-0.39, 0.29) is 18.1 Å². The van der Waals surface area contributed by atoms with Crippen molar-refractivity contribution in [1.29, 1.82) is 0 Å². The predicted octanol–water partition coefficient (Wildman–Crippen LogP) is 1.15. The van der Waals surface area contributed by atoms with Crippen molar-refractivity contribution in [2.75, 3.05) is 26.7 Å². The molecule has 6 nitrogen and oxygen atoms in total. The van der Waals surface area contributed by atoms with Crippen LogP contribution in [0.15, 0.2) is 0 Å². The fourth-order valence-corrected chi connectivity index (χ4v) is 1.90. The molecule has 1 amide bonds. The van der Waals surface area contributed by atoms with E-state index in [1.54, 1.807) is 4.90 Å². The van der Waals surface area contributed by atoms with Crippen molar-refractivity contribution < 1.29 is 19.1 Å². The molecule has 110 valence electrons. The molecule has 0 aromatic heterocycles. The van der Waals surface area contributed by atoms with Gasteiger partial charge in [0.1, 0.15) is 5.60 Å². The molecular formula is C13H24N2O4. The number of hydrogen-bond acceptors (Lipinski definition) is 5. The molecule has 0 bridgehead atoms. The summed E-state index contributed by atoms with van der Waals surface area (Å²) in [5.74, 6) is -0.227. The van der Waals surface area contributed by atoms with E-state index in [1.807, 2.05) is 20.8 Å². The van der Waals surface area contributed by atoms with Crippen LogP contribution in [0.1, 0.15) is 33.6 Å². The lowest BCUT2D eigenvalue weighted by atomic mass is 10.2. The molecule has 1 heterocycles. The Morgan fingerprint density at radius 1 is 1.37 bits per heavy atom. The van der Waals surface area contributed by atoms with Crippen LogP contribution in [0.5, 0.6) is 0 Å². The Labute approximate surface area is 114 Å². The van der Waals surface area contributed by atoms with Gasteiger partial charge in [-0.05, 0) is 27.2 Å². The molecule has 1 rings (SSSR count). The number of nitrogens with one attached hydrogen (secondary N) is 1. The molecule has 1 aliphatic rings. The third-order valence-corrected chi connectivity index (χ3v) is 2.83. The number of esters is 1. The molecule has 1 unspecified atom stereocenters. The molecule has 1 atom stereocenters. The smallest absolute Gasteiger partial charge is 0.410 e. The summed E-state index contributed by atoms with van der Waals surface area (Å²) in [5.41, 5.74) is -0.465. The minimum absolute atomic E-state index is 0.220. The lowest BCUT2D eigenvalue weighted by Crippen LogP contribution is -2.38. The van der Waals surface area contributed by atoms with E-state index in [0.717, 1.165) is 6.42 Å². The molecule has 0 radical (unpaired) electrons. The molecule has 1 saturated heterocycles. The number of ether oxygens (including phenoxy) is 2. The van der Waals surface area contributed by atoms with Gasteiger partial charge in [-0.15, -0.1) is 0 Å². The van der Waals surface area contributed by atoms with Gasteiger partial charge in [-0.3, -0.25) is 4.79 Å². The second kappa shape index (κ2) is 6.75. The summed E-state index contributed by atoms with van der Waals surface area (Å²) < 4.78 is 9.88. The van der Waals surface area contributed by atoms with E-state index in [2.05, 4.69) is 10.1 Å². The van der Waals surface area contributed by atoms with E-state index in [9.17, 15) is 9.59 Å². The molecule has 19 heavy (non-hydrogen) atoms. The largest absolute Gasteiger partial charge is 0.469 e. The summed E-state index contributed by atoms with van der Waals surface area (Å²) in [4.78, 5) is 24.5. The highest BCUT2D eigenvalue weighted by Gasteiger charge is 2.29. The zero-order chi connectivity index (χ0) is 14.5. The van der Waals surface area contributed by atoms with Crippen molar-refractivity contribution in [3.63, 3.8) is 0 Å². The van der Waals surface area contributed by atoms with Crippen LogP contribution in [0.4, 0.5) is 4.79 Å². The summed E-state index contributed by atoms with van der Waals surface area (Å²) in [6, 6.07) is 0.220. The highest BCUT2D eigenvalue weighted by atomic mass is 16.6. The van der Waals surface area contributed by atoms with Crippen LogP contribution >= 0.6 is 0 Å². The van der Waals surface area contributed by atoms with Gasteiger partial charge in [-0.1, -0.05) is 0 Å². The third-order valence-electron chi connectivity index (χ3n) is 2.83. The number of amides is 1. The Morgan fingerprint density at radius 3 is 2.63 bits per heavy atom. The van der Waals surface area contributed by atoms with E-state index in [1.165, 1.54) is 7.11 Å². The lowest BCUT2D eigenvalue weighted by molar-refractivity contribution is -0.140. The van der Waals surface area contributed by atoms with E-state index in [0.29, 0.717) is 26.1 Å². The summed E-state index contributed by atoms with van der Waals surface area (Å²) >= 11 is 0. The average molecular weight is 272 g/mol. The van der Waals surface area contributed by atoms with Crippen molar-refractivity contribution in [3.8, 4) is 0 Å². The summed E-state index contributed by atoms with van der Waals surface area (Å²) in [6.07, 6.45) is 0.949. The SMILES string of the molecule is COC(=O)CCNC1CCN(C(=O)OC(C)(C)C)C1. The average Bonchev–Trinajstić information content (AvgIpc) is 2.75. The molecule has 1 N–H and O–H groups in total. The summed E-state index contributed by atoms with van der Waals surface area (Å²) in [7, 11) is 1.38. The molecule has 0 aliphatic carbocycles. The first kappa shape index (κ1) is 15.8. The first-order chi connectivity index (χ1) is 8.81. The number of methoxy groups -OCH3 is 1. The number of carbonyl (C=O) groups excluding carboxylic acids is 2. The van der Waals surface area contributed by atoms with Gasteiger partial charge < -0.3 is 19.7 Å². The van der Waals surface area contributed by atoms with Gasteiger partial charge in [0.2, 0.25) is 0 Å². The third kappa shape index (κ3) is 5.92. The molecule has 0 spiro atoms. The second-order valence-corrected chi connectivity index (χ2v) is 5.69. The molecule has 0 saturated carbocycles. The number of nitrogens with zero attached hydrogens (tertiary/aromatic N) is 1. The van der Waals surface area contributed by atoms with Gasteiger partial charge in [0.15, 0.2) is 0 Å². The minimum atomic E-state index is -0.465. The van der Waals surface area contributed by atoms with Gasteiger partial charge >= 0.3 is 12.1 Å². The maximum absolute atomic E-state index is 11.8.